The Labute approximate surface area is 244 Å². The average Bonchev–Trinajstić information content (AvgIpc) is 3.52. The lowest BCUT2D eigenvalue weighted by atomic mass is 9.74. The molecule has 4 aliphatic rings. The van der Waals surface area contributed by atoms with Crippen LogP contribution in [0.3, 0.4) is 0 Å². The second-order valence-corrected chi connectivity index (χ2v) is 13.9. The van der Waals surface area contributed by atoms with Crippen LogP contribution in [0.4, 0.5) is 14.5 Å². The number of carbonyl (C=O) groups excluding carboxylic acids is 1. The third-order valence-electron chi connectivity index (χ3n) is 9.57. The van der Waals surface area contributed by atoms with Gasteiger partial charge >= 0.3 is 0 Å². The van der Waals surface area contributed by atoms with Crippen molar-refractivity contribution in [3.05, 3.63) is 89.0 Å². The van der Waals surface area contributed by atoms with Crippen LogP contribution in [-0.4, -0.2) is 68.9 Å². The number of aliphatic imine (C=N–C) groups is 1. The molecule has 3 aromatic carbocycles. The summed E-state index contributed by atoms with van der Waals surface area (Å²) >= 11 is 0. The third-order valence-corrected chi connectivity index (χ3v) is 10.7. The molecule has 42 heavy (non-hydrogen) atoms. The fourth-order valence-electron chi connectivity index (χ4n) is 7.53. The molecule has 3 aromatic rings. The van der Waals surface area contributed by atoms with Gasteiger partial charge in [0, 0.05) is 29.6 Å². The second kappa shape index (κ2) is 9.44. The van der Waals surface area contributed by atoms with Gasteiger partial charge in [-0.3, -0.25) is 14.0 Å². The summed E-state index contributed by atoms with van der Waals surface area (Å²) in [5.41, 5.74) is 2.57. The molecule has 3 aliphatic heterocycles. The molecule has 1 saturated heterocycles. The summed E-state index contributed by atoms with van der Waals surface area (Å²) in [5, 5.41) is 0. The van der Waals surface area contributed by atoms with Gasteiger partial charge in [-0.05, 0) is 92.8 Å². The van der Waals surface area contributed by atoms with Crippen molar-refractivity contribution in [1.82, 2.24) is 9.80 Å². The van der Waals surface area contributed by atoms with Crippen molar-refractivity contribution in [2.75, 3.05) is 43.3 Å². The van der Waals surface area contributed by atoms with Crippen LogP contribution in [0.25, 0.3) is 11.1 Å². The van der Waals surface area contributed by atoms with E-state index in [2.05, 4.69) is 11.0 Å². The van der Waals surface area contributed by atoms with E-state index in [9.17, 15) is 22.0 Å². The number of rotatable bonds is 5. The molecule has 7 rings (SSSR count). The van der Waals surface area contributed by atoms with Crippen LogP contribution in [0.1, 0.15) is 42.9 Å². The first-order chi connectivity index (χ1) is 20.0. The topological polar surface area (TPSA) is 73.3 Å². The molecule has 1 amide bonds. The lowest BCUT2D eigenvalue weighted by molar-refractivity contribution is -0.130. The number of sulfonamides is 1. The van der Waals surface area contributed by atoms with E-state index >= 15 is 0 Å². The molecule has 0 N–H and O–H groups in total. The molecular weight excluding hydrogens is 558 g/mol. The van der Waals surface area contributed by atoms with E-state index in [1.807, 2.05) is 25.1 Å². The Morgan fingerprint density at radius 1 is 0.881 bits per heavy atom. The predicted octanol–water partition coefficient (Wildman–Crippen LogP) is 4.65. The van der Waals surface area contributed by atoms with Crippen LogP contribution in [-0.2, 0) is 25.8 Å². The summed E-state index contributed by atoms with van der Waals surface area (Å²) in [7, 11) is -3.36. The highest BCUT2D eigenvalue weighted by molar-refractivity contribution is 7.92. The molecule has 1 aliphatic carbocycles. The van der Waals surface area contributed by atoms with Gasteiger partial charge in [0.25, 0.3) is 5.91 Å². The Kier molecular flexibility index (Phi) is 6.12. The van der Waals surface area contributed by atoms with Crippen molar-refractivity contribution < 1.29 is 22.0 Å². The van der Waals surface area contributed by atoms with Gasteiger partial charge in [0.05, 0.1) is 11.9 Å². The highest BCUT2D eigenvalue weighted by Crippen LogP contribution is 2.53. The lowest BCUT2D eigenvalue weighted by Gasteiger charge is -2.40. The van der Waals surface area contributed by atoms with E-state index in [1.165, 1.54) is 30.5 Å². The summed E-state index contributed by atoms with van der Waals surface area (Å²) in [6.07, 6.45) is 3.73. The number of hydrogen-bond donors (Lipinski definition) is 0. The average molecular weight is 591 g/mol. The highest BCUT2D eigenvalue weighted by atomic mass is 32.2. The first-order valence-corrected chi connectivity index (χ1v) is 16.2. The lowest BCUT2D eigenvalue weighted by Crippen LogP contribution is -2.46. The van der Waals surface area contributed by atoms with Crippen molar-refractivity contribution in [3.63, 3.8) is 0 Å². The van der Waals surface area contributed by atoms with Crippen molar-refractivity contribution in [2.24, 2.45) is 4.99 Å². The molecule has 7 nitrogen and oxygen atoms in total. The van der Waals surface area contributed by atoms with Crippen LogP contribution >= 0.6 is 0 Å². The van der Waals surface area contributed by atoms with Crippen molar-refractivity contribution >= 4 is 27.5 Å². The number of nitrogens with zero attached hydrogens (tertiary/aromatic N) is 4. The van der Waals surface area contributed by atoms with Gasteiger partial charge in [-0.15, -0.1) is 0 Å². The zero-order chi connectivity index (χ0) is 29.4. The minimum atomic E-state index is -3.36. The first-order valence-electron chi connectivity index (χ1n) is 14.3. The quantitative estimate of drug-likeness (QED) is 0.434. The van der Waals surface area contributed by atoms with Gasteiger partial charge in [0.15, 0.2) is 5.54 Å². The highest BCUT2D eigenvalue weighted by Gasteiger charge is 2.55. The Hall–Kier alpha value is -3.63. The monoisotopic (exact) mass is 590 g/mol. The van der Waals surface area contributed by atoms with Crippen molar-refractivity contribution in [1.29, 1.82) is 0 Å². The largest absolute Gasteiger partial charge is 0.303 e. The van der Waals surface area contributed by atoms with Crippen LogP contribution in [0, 0.1) is 11.6 Å². The Morgan fingerprint density at radius 2 is 1.50 bits per heavy atom. The van der Waals surface area contributed by atoms with Crippen molar-refractivity contribution in [2.45, 2.75) is 37.1 Å². The van der Waals surface area contributed by atoms with Crippen LogP contribution in [0.2, 0.25) is 0 Å². The number of carbonyl (C=O) groups is 1. The van der Waals surface area contributed by atoms with Gasteiger partial charge in [0.1, 0.15) is 17.5 Å². The van der Waals surface area contributed by atoms with E-state index in [4.69, 9.17) is 4.99 Å². The van der Waals surface area contributed by atoms with E-state index < -0.39 is 27.2 Å². The Balaban J connectivity index is 1.04. The summed E-state index contributed by atoms with van der Waals surface area (Å²) in [5.74, 6) is -0.498. The zero-order valence-electron chi connectivity index (χ0n) is 23.6. The molecule has 218 valence electrons. The molecule has 1 fully saturated rings. The number of likely N-dealkylation sites (tertiary alicyclic amines) is 1. The van der Waals surface area contributed by atoms with Gasteiger partial charge in [-0.1, -0.05) is 30.3 Å². The fourth-order valence-corrected chi connectivity index (χ4v) is 8.53. The minimum Gasteiger partial charge on any atom is -0.303 e. The fraction of sp³-hybridized carbons (Fsp3) is 0.375. The number of anilines is 1. The molecule has 3 heterocycles. The molecule has 2 spiro atoms. The van der Waals surface area contributed by atoms with E-state index in [0.717, 1.165) is 50.1 Å². The maximum absolute atomic E-state index is 14.2. The molecule has 0 aromatic heterocycles. The first kappa shape index (κ1) is 27.2. The normalized spacial score (nSPS) is 20.3. The standard InChI is InChI=1S/C32H32F2N4O3S/c1-21-35-32(26-10-8-22(33)18-24(26)25-19-23(34)9-11-27(25)32)30(39)37(21)15-5-14-36-16-12-31(13-17-36)20-38(42(2,40)41)29-7-4-3-6-28(29)31/h3-4,6-11,18-19H,5,12-17,20H2,1-2H3. The number of benzene rings is 3. The molecule has 0 saturated carbocycles. The van der Waals surface area contributed by atoms with Crippen LogP contribution < -0.4 is 4.31 Å². The Morgan fingerprint density at radius 3 is 2.12 bits per heavy atom. The molecule has 0 bridgehead atoms. The summed E-state index contributed by atoms with van der Waals surface area (Å²) in [6, 6.07) is 16.4. The molecule has 0 unspecified atom stereocenters. The molecule has 0 atom stereocenters. The van der Waals surface area contributed by atoms with Gasteiger partial charge < -0.3 is 4.90 Å². The van der Waals surface area contributed by atoms with Crippen molar-refractivity contribution in [3.8, 4) is 11.1 Å². The van der Waals surface area contributed by atoms with Crippen LogP contribution in [0.5, 0.6) is 0 Å². The smallest absolute Gasteiger partial charge is 0.265 e. The number of fused-ring (bicyclic) bond motifs is 7. The number of hydrogen-bond acceptors (Lipinski definition) is 5. The summed E-state index contributed by atoms with van der Waals surface area (Å²) in [6.45, 7) is 5.25. The maximum Gasteiger partial charge on any atom is 0.265 e. The number of amidine groups is 1. The number of piperidine rings is 1. The Bertz CT molecular complexity index is 1710. The van der Waals surface area contributed by atoms with Gasteiger partial charge in [-0.2, -0.15) is 0 Å². The van der Waals surface area contributed by atoms with E-state index in [0.29, 0.717) is 41.2 Å². The van der Waals surface area contributed by atoms with Crippen LogP contribution in [0.15, 0.2) is 65.7 Å². The third kappa shape index (κ3) is 3.95. The molecule has 10 heteroatoms. The second-order valence-electron chi connectivity index (χ2n) is 12.0. The summed E-state index contributed by atoms with van der Waals surface area (Å²) in [4.78, 5) is 23.0. The van der Waals surface area contributed by atoms with Gasteiger partial charge in [0.2, 0.25) is 10.0 Å². The minimum absolute atomic E-state index is 0.182. The number of halogens is 2. The zero-order valence-corrected chi connectivity index (χ0v) is 24.4. The maximum atomic E-state index is 14.2. The predicted molar refractivity (Wildman–Crippen MR) is 158 cm³/mol. The van der Waals surface area contributed by atoms with Gasteiger partial charge in [-0.25, -0.2) is 22.2 Å². The number of para-hydroxylation sites is 1. The summed E-state index contributed by atoms with van der Waals surface area (Å²) < 4.78 is 55.0. The molecular formula is C32H32F2N4O3S. The number of amides is 1. The van der Waals surface area contributed by atoms with E-state index in [1.54, 1.807) is 21.3 Å². The van der Waals surface area contributed by atoms with E-state index in [-0.39, 0.29) is 11.3 Å². The SMILES string of the molecule is CC1=NC2(C(=O)N1CCCN1CCC3(CC1)CN(S(C)(=O)=O)c1ccccc13)c1ccc(F)cc1-c1cc(F)ccc12. The molecule has 0 radical (unpaired) electrons.